The van der Waals surface area contributed by atoms with Crippen LogP contribution in [-0.2, 0) is 6.42 Å². The number of alkyl halides is 1. The van der Waals surface area contributed by atoms with E-state index in [-0.39, 0.29) is 43.3 Å². The van der Waals surface area contributed by atoms with E-state index in [4.69, 9.17) is 11.6 Å². The molecule has 1 aromatic carbocycles. The number of aromatic nitrogens is 1. The zero-order chi connectivity index (χ0) is 23.6. The topological polar surface area (TPSA) is 48.8 Å². The van der Waals surface area contributed by atoms with Gasteiger partial charge in [0.15, 0.2) is 0 Å². The summed E-state index contributed by atoms with van der Waals surface area (Å²) in [5.41, 5.74) is -0.986. The predicted octanol–water partition coefficient (Wildman–Crippen LogP) is 4.90. The van der Waals surface area contributed by atoms with Gasteiger partial charge in [0.1, 0.15) is 17.3 Å². The fourth-order valence-corrected chi connectivity index (χ4v) is 4.68. The summed E-state index contributed by atoms with van der Waals surface area (Å²) < 4.78 is 29.4. The fraction of sp³-hybridized carbons (Fsp3) is 0.400. The molecule has 5 nitrogen and oxygen atoms in total. The van der Waals surface area contributed by atoms with Crippen molar-refractivity contribution in [1.29, 1.82) is 0 Å². The van der Waals surface area contributed by atoms with Crippen molar-refractivity contribution in [2.24, 2.45) is 4.99 Å². The number of pyridine rings is 1. The Labute approximate surface area is 197 Å². The zero-order valence-corrected chi connectivity index (χ0v) is 19.5. The van der Waals surface area contributed by atoms with Gasteiger partial charge in [0.2, 0.25) is 0 Å². The second-order valence-electron chi connectivity index (χ2n) is 9.05. The Morgan fingerprint density at radius 2 is 1.97 bits per heavy atom. The Morgan fingerprint density at radius 3 is 2.61 bits per heavy atom. The number of halogens is 3. The van der Waals surface area contributed by atoms with E-state index < -0.39 is 17.0 Å². The van der Waals surface area contributed by atoms with Gasteiger partial charge in [-0.1, -0.05) is 23.7 Å². The summed E-state index contributed by atoms with van der Waals surface area (Å²) in [6.07, 6.45) is 6.69. The van der Waals surface area contributed by atoms with Crippen LogP contribution >= 0.6 is 11.6 Å². The molecule has 2 aliphatic rings. The quantitative estimate of drug-likeness (QED) is 0.601. The summed E-state index contributed by atoms with van der Waals surface area (Å²) in [6, 6.07) is 9.72. The monoisotopic (exact) mass is 472 g/mol. The minimum atomic E-state index is -1.46. The van der Waals surface area contributed by atoms with Crippen molar-refractivity contribution in [3.05, 3.63) is 70.6 Å². The molecule has 0 saturated carbocycles. The molecular formula is C25H27ClF2N4O. The molecule has 33 heavy (non-hydrogen) atoms. The van der Waals surface area contributed by atoms with Gasteiger partial charge in [0, 0.05) is 57.5 Å². The standard InChI is InChI=1S/C25H27ClF2N4O/c1-31(2)22-6-3-5-19(30-22)16-25(9-4-12-29-25)17-24(28)10-13-32(14-11-24)23(33)18-7-8-21(27)20(26)15-18/h3-9,12,15H,10-11,13-14,16-17H2,1-2H3. The first-order chi connectivity index (χ1) is 15.7. The lowest BCUT2D eigenvalue weighted by Crippen LogP contribution is -2.48. The number of piperidine rings is 1. The average molecular weight is 473 g/mol. The predicted molar refractivity (Wildman–Crippen MR) is 128 cm³/mol. The highest BCUT2D eigenvalue weighted by Crippen LogP contribution is 2.39. The van der Waals surface area contributed by atoms with Crippen molar-refractivity contribution in [2.45, 2.75) is 36.9 Å². The van der Waals surface area contributed by atoms with Gasteiger partial charge in [-0.05, 0) is 49.2 Å². The Morgan fingerprint density at radius 1 is 1.21 bits per heavy atom. The van der Waals surface area contributed by atoms with Crippen molar-refractivity contribution in [1.82, 2.24) is 9.88 Å². The molecule has 1 aromatic heterocycles. The second kappa shape index (κ2) is 9.21. The highest BCUT2D eigenvalue weighted by molar-refractivity contribution is 6.31. The largest absolute Gasteiger partial charge is 0.363 e. The maximum atomic E-state index is 16.0. The lowest BCUT2D eigenvalue weighted by molar-refractivity contribution is 0.0322. The molecule has 3 heterocycles. The van der Waals surface area contributed by atoms with E-state index in [2.05, 4.69) is 9.98 Å². The Balaban J connectivity index is 1.44. The molecule has 0 N–H and O–H groups in total. The number of allylic oxidation sites excluding steroid dienone is 1. The number of carbonyl (C=O) groups is 1. The Hall–Kier alpha value is -2.80. The van der Waals surface area contributed by atoms with Gasteiger partial charge in [-0.2, -0.15) is 0 Å². The van der Waals surface area contributed by atoms with Gasteiger partial charge in [0.25, 0.3) is 5.91 Å². The third-order valence-corrected chi connectivity index (χ3v) is 6.59. The maximum Gasteiger partial charge on any atom is 0.253 e. The van der Waals surface area contributed by atoms with Crippen molar-refractivity contribution in [3.8, 4) is 0 Å². The third kappa shape index (κ3) is 5.24. The normalized spacial score (nSPS) is 21.4. The molecule has 2 aromatic rings. The molecule has 0 radical (unpaired) electrons. The van der Waals surface area contributed by atoms with Crippen LogP contribution in [0.4, 0.5) is 14.6 Å². The highest BCUT2D eigenvalue weighted by Gasteiger charge is 2.44. The summed E-state index contributed by atoms with van der Waals surface area (Å²) in [6.45, 7) is 0.560. The fourth-order valence-electron chi connectivity index (χ4n) is 4.50. The van der Waals surface area contributed by atoms with Crippen LogP contribution in [0, 0.1) is 5.82 Å². The van der Waals surface area contributed by atoms with E-state index in [1.807, 2.05) is 49.3 Å². The van der Waals surface area contributed by atoms with Crippen LogP contribution in [0.2, 0.25) is 5.02 Å². The van der Waals surface area contributed by atoms with Crippen LogP contribution in [0.5, 0.6) is 0 Å². The number of benzene rings is 1. The van der Waals surface area contributed by atoms with Gasteiger partial charge in [0.05, 0.1) is 10.6 Å². The first-order valence-electron chi connectivity index (χ1n) is 11.0. The second-order valence-corrected chi connectivity index (χ2v) is 9.46. The number of hydrogen-bond acceptors (Lipinski definition) is 4. The summed E-state index contributed by atoms with van der Waals surface area (Å²) in [4.78, 5) is 25.6. The molecular weight excluding hydrogens is 446 g/mol. The molecule has 0 spiro atoms. The number of rotatable bonds is 6. The molecule has 1 unspecified atom stereocenters. The van der Waals surface area contributed by atoms with Crippen molar-refractivity contribution in [2.75, 3.05) is 32.1 Å². The first-order valence-corrected chi connectivity index (χ1v) is 11.4. The minimum absolute atomic E-state index is 0.0996. The first kappa shape index (κ1) is 23.4. The molecule has 174 valence electrons. The molecule has 4 rings (SSSR count). The highest BCUT2D eigenvalue weighted by atomic mass is 35.5. The van der Waals surface area contributed by atoms with E-state index in [9.17, 15) is 9.18 Å². The van der Waals surface area contributed by atoms with E-state index in [0.29, 0.717) is 12.0 Å². The van der Waals surface area contributed by atoms with Crippen LogP contribution < -0.4 is 4.90 Å². The zero-order valence-electron chi connectivity index (χ0n) is 18.8. The molecule has 0 bridgehead atoms. The Bertz CT molecular complexity index is 1080. The van der Waals surface area contributed by atoms with E-state index >= 15 is 4.39 Å². The van der Waals surface area contributed by atoms with Crippen molar-refractivity contribution >= 4 is 29.5 Å². The molecule has 2 aliphatic heterocycles. The lowest BCUT2D eigenvalue weighted by atomic mass is 9.78. The average Bonchev–Trinajstić information content (AvgIpc) is 3.23. The van der Waals surface area contributed by atoms with Gasteiger partial charge >= 0.3 is 0 Å². The van der Waals surface area contributed by atoms with Crippen molar-refractivity contribution in [3.63, 3.8) is 0 Å². The van der Waals surface area contributed by atoms with Crippen molar-refractivity contribution < 1.29 is 13.6 Å². The van der Waals surface area contributed by atoms with Gasteiger partial charge in [-0.3, -0.25) is 9.79 Å². The number of aliphatic imine (C=N–C) groups is 1. The van der Waals surface area contributed by atoms with E-state index in [1.54, 1.807) is 11.1 Å². The van der Waals surface area contributed by atoms with Gasteiger partial charge in [-0.25, -0.2) is 13.8 Å². The summed E-state index contributed by atoms with van der Waals surface area (Å²) in [7, 11) is 3.86. The maximum absolute atomic E-state index is 16.0. The Kier molecular flexibility index (Phi) is 6.52. The van der Waals surface area contributed by atoms with E-state index in [1.165, 1.54) is 18.2 Å². The van der Waals surface area contributed by atoms with Crippen LogP contribution in [0.15, 0.2) is 53.5 Å². The molecule has 8 heteroatoms. The molecule has 1 saturated heterocycles. The van der Waals surface area contributed by atoms with E-state index in [0.717, 1.165) is 11.5 Å². The molecule has 1 fully saturated rings. The summed E-state index contributed by atoms with van der Waals surface area (Å²) >= 11 is 5.81. The molecule has 1 amide bonds. The van der Waals surface area contributed by atoms with Crippen LogP contribution in [0.3, 0.4) is 0 Å². The molecule has 0 aliphatic carbocycles. The number of anilines is 1. The van der Waals surface area contributed by atoms with Crippen LogP contribution in [0.1, 0.15) is 35.3 Å². The minimum Gasteiger partial charge on any atom is -0.363 e. The SMILES string of the molecule is CN(C)c1cccc(CC2(CC3(F)CCN(C(=O)c4ccc(F)c(Cl)c4)CC3)C=CC=N2)n1. The number of amides is 1. The molecule has 1 atom stereocenters. The summed E-state index contributed by atoms with van der Waals surface area (Å²) in [5, 5.41) is -0.0996. The van der Waals surface area contributed by atoms with Crippen LogP contribution in [-0.4, -0.2) is 60.4 Å². The van der Waals surface area contributed by atoms with Crippen LogP contribution in [0.25, 0.3) is 0 Å². The lowest BCUT2D eigenvalue weighted by Gasteiger charge is -2.40. The third-order valence-electron chi connectivity index (χ3n) is 6.30. The smallest absolute Gasteiger partial charge is 0.253 e. The van der Waals surface area contributed by atoms with Gasteiger partial charge in [-0.15, -0.1) is 0 Å². The number of hydrogen-bond donors (Lipinski definition) is 0. The number of carbonyl (C=O) groups excluding carboxylic acids is 1. The number of likely N-dealkylation sites (tertiary alicyclic amines) is 1. The van der Waals surface area contributed by atoms with Gasteiger partial charge < -0.3 is 9.80 Å². The number of nitrogens with zero attached hydrogens (tertiary/aromatic N) is 4. The summed E-state index contributed by atoms with van der Waals surface area (Å²) in [5.74, 6) is 0.00384.